The summed E-state index contributed by atoms with van der Waals surface area (Å²) in [5.74, 6) is -2.86. The van der Waals surface area contributed by atoms with E-state index in [4.69, 9.17) is 16.7 Å². The maximum absolute atomic E-state index is 14.9. The lowest BCUT2D eigenvalue weighted by molar-refractivity contribution is -0.136. The highest BCUT2D eigenvalue weighted by Gasteiger charge is 2.26. The highest BCUT2D eigenvalue weighted by atomic mass is 35.5. The van der Waals surface area contributed by atoms with E-state index in [1.54, 1.807) is 61.6 Å². The number of benzene rings is 3. The van der Waals surface area contributed by atoms with Gasteiger partial charge in [0.25, 0.3) is 5.91 Å². The fourth-order valence-electron chi connectivity index (χ4n) is 3.78. The van der Waals surface area contributed by atoms with E-state index in [1.807, 2.05) is 0 Å². The second-order valence-electron chi connectivity index (χ2n) is 8.34. The minimum atomic E-state index is -1.08. The van der Waals surface area contributed by atoms with E-state index >= 15 is 0 Å². The molecule has 3 aromatic carbocycles. The summed E-state index contributed by atoms with van der Waals surface area (Å²) in [6.07, 6.45) is 3.33. The standard InChI is InChI=1S/C27H22ClFN6O4/c1-34(19-9-7-17(8-10-19)15-24(37)38)27(39)26(18-5-3-2-4-6-18)32-23(36)14-11-20-22(35-31-16-30-33-35)13-12-21(28)25(20)29/h2-14,16,26H,15H2,1H3,(H,32,36)(H,37,38)/b14-11+. The number of nitrogens with one attached hydrogen (secondary N) is 1. The average Bonchev–Trinajstić information content (AvgIpc) is 3.47. The van der Waals surface area contributed by atoms with Crippen molar-refractivity contribution >= 4 is 41.1 Å². The van der Waals surface area contributed by atoms with Crippen molar-refractivity contribution in [3.8, 4) is 5.69 Å². The average molecular weight is 549 g/mol. The third kappa shape index (κ3) is 6.51. The zero-order valence-electron chi connectivity index (χ0n) is 20.5. The number of carbonyl (C=O) groups excluding carboxylic acids is 2. The van der Waals surface area contributed by atoms with Crippen LogP contribution in [0.3, 0.4) is 0 Å². The van der Waals surface area contributed by atoms with Gasteiger partial charge in [-0.25, -0.2) is 4.39 Å². The molecule has 0 saturated carbocycles. The highest BCUT2D eigenvalue weighted by molar-refractivity contribution is 6.31. The first-order valence-electron chi connectivity index (χ1n) is 11.6. The summed E-state index contributed by atoms with van der Waals surface area (Å²) in [6.45, 7) is 0. The van der Waals surface area contributed by atoms with E-state index in [9.17, 15) is 18.8 Å². The number of nitrogens with zero attached hydrogens (tertiary/aromatic N) is 5. The number of tetrazole rings is 1. The summed E-state index contributed by atoms with van der Waals surface area (Å²) < 4.78 is 14.9. The number of halogens is 2. The summed E-state index contributed by atoms with van der Waals surface area (Å²) in [5.41, 5.74) is 1.78. The molecule has 1 heterocycles. The fraction of sp³-hybridized carbons (Fsp3) is 0.111. The number of aliphatic carboxylic acids is 1. The number of carbonyl (C=O) groups is 3. The van der Waals surface area contributed by atoms with Crippen molar-refractivity contribution in [1.82, 2.24) is 25.5 Å². The number of aromatic nitrogens is 4. The molecule has 0 bridgehead atoms. The van der Waals surface area contributed by atoms with Crippen molar-refractivity contribution in [2.24, 2.45) is 0 Å². The molecule has 0 spiro atoms. The molecule has 0 fully saturated rings. The quantitative estimate of drug-likeness (QED) is 0.305. The molecule has 1 unspecified atom stereocenters. The third-order valence-electron chi connectivity index (χ3n) is 5.75. The molecule has 39 heavy (non-hydrogen) atoms. The number of hydrogen-bond donors (Lipinski definition) is 2. The summed E-state index contributed by atoms with van der Waals surface area (Å²) in [6, 6.07) is 16.9. The highest BCUT2D eigenvalue weighted by Crippen LogP contribution is 2.25. The van der Waals surface area contributed by atoms with Crippen LogP contribution in [-0.4, -0.2) is 50.1 Å². The molecule has 2 amide bonds. The Kier molecular flexibility index (Phi) is 8.42. The van der Waals surface area contributed by atoms with Crippen molar-refractivity contribution in [1.29, 1.82) is 0 Å². The Morgan fingerprint density at radius 1 is 1.10 bits per heavy atom. The second kappa shape index (κ2) is 12.1. The molecule has 0 aliphatic rings. The van der Waals surface area contributed by atoms with Crippen molar-refractivity contribution < 1.29 is 23.9 Å². The van der Waals surface area contributed by atoms with E-state index in [0.29, 0.717) is 16.8 Å². The van der Waals surface area contributed by atoms with Gasteiger partial charge in [-0.2, -0.15) is 0 Å². The van der Waals surface area contributed by atoms with Gasteiger partial charge in [0.2, 0.25) is 5.91 Å². The number of carboxylic acids is 1. The molecule has 2 N–H and O–H groups in total. The van der Waals surface area contributed by atoms with Gasteiger partial charge in [0.1, 0.15) is 6.04 Å². The van der Waals surface area contributed by atoms with Gasteiger partial charge in [-0.05, 0) is 46.7 Å². The first-order chi connectivity index (χ1) is 18.7. The van der Waals surface area contributed by atoms with Gasteiger partial charge in [-0.3, -0.25) is 14.4 Å². The summed E-state index contributed by atoms with van der Waals surface area (Å²) in [5, 5.41) is 22.8. The van der Waals surface area contributed by atoms with E-state index in [1.165, 1.54) is 29.4 Å². The van der Waals surface area contributed by atoms with Crippen LogP contribution in [0.4, 0.5) is 10.1 Å². The molecular weight excluding hydrogens is 527 g/mol. The molecule has 1 aromatic heterocycles. The fourth-order valence-corrected chi connectivity index (χ4v) is 3.95. The monoisotopic (exact) mass is 548 g/mol. The van der Waals surface area contributed by atoms with Crippen LogP contribution in [0, 0.1) is 5.82 Å². The number of anilines is 1. The first-order valence-corrected chi connectivity index (χ1v) is 12.0. The zero-order valence-corrected chi connectivity index (χ0v) is 21.3. The smallest absolute Gasteiger partial charge is 0.307 e. The maximum Gasteiger partial charge on any atom is 0.307 e. The Bertz CT molecular complexity index is 1510. The van der Waals surface area contributed by atoms with Crippen LogP contribution in [0.15, 0.2) is 79.1 Å². The Balaban J connectivity index is 1.58. The predicted molar refractivity (Wildman–Crippen MR) is 142 cm³/mol. The lowest BCUT2D eigenvalue weighted by atomic mass is 10.0. The third-order valence-corrected chi connectivity index (χ3v) is 6.04. The normalized spacial score (nSPS) is 11.8. The molecule has 4 rings (SSSR count). The van der Waals surface area contributed by atoms with Gasteiger partial charge < -0.3 is 15.3 Å². The molecule has 0 aliphatic carbocycles. The minimum absolute atomic E-state index is 0.0446. The van der Waals surface area contributed by atoms with Gasteiger partial charge in [0, 0.05) is 24.4 Å². The lowest BCUT2D eigenvalue weighted by Gasteiger charge is -2.25. The van der Waals surface area contributed by atoms with Crippen LogP contribution in [-0.2, 0) is 20.8 Å². The Labute approximate surface area is 227 Å². The number of hydrogen-bond acceptors (Lipinski definition) is 6. The SMILES string of the molecule is CN(C(=O)C(NC(=O)/C=C/c1c(-n2ncnn2)ccc(Cl)c1F)c1ccccc1)c1ccc(CC(=O)O)cc1. The van der Waals surface area contributed by atoms with Gasteiger partial charge in [0.05, 0.1) is 17.1 Å². The predicted octanol–water partition coefficient (Wildman–Crippen LogP) is 3.62. The van der Waals surface area contributed by atoms with E-state index in [2.05, 4.69) is 20.7 Å². The van der Waals surface area contributed by atoms with Crippen LogP contribution in [0.2, 0.25) is 5.02 Å². The topological polar surface area (TPSA) is 130 Å². The molecule has 198 valence electrons. The molecule has 12 heteroatoms. The number of likely N-dealkylation sites (N-methyl/N-ethyl adjacent to an activating group) is 1. The number of amides is 2. The zero-order chi connectivity index (χ0) is 27.9. The number of carboxylic acid groups (broad SMARTS) is 1. The van der Waals surface area contributed by atoms with Crippen LogP contribution in [0.5, 0.6) is 0 Å². The van der Waals surface area contributed by atoms with Crippen molar-refractivity contribution in [3.63, 3.8) is 0 Å². The molecule has 1 atom stereocenters. The lowest BCUT2D eigenvalue weighted by Crippen LogP contribution is -2.41. The second-order valence-corrected chi connectivity index (χ2v) is 8.75. The summed E-state index contributed by atoms with van der Waals surface area (Å²) in [4.78, 5) is 39.9. The van der Waals surface area contributed by atoms with Crippen LogP contribution in [0.25, 0.3) is 11.8 Å². The molecule has 0 radical (unpaired) electrons. The van der Waals surface area contributed by atoms with Crippen molar-refractivity contribution in [2.75, 3.05) is 11.9 Å². The van der Waals surface area contributed by atoms with Crippen molar-refractivity contribution in [3.05, 3.63) is 107 Å². The molecular formula is C27H22ClFN6O4. The summed E-state index contributed by atoms with van der Waals surface area (Å²) >= 11 is 5.94. The van der Waals surface area contributed by atoms with Gasteiger partial charge in [0.15, 0.2) is 12.1 Å². The first kappa shape index (κ1) is 27.1. The Morgan fingerprint density at radius 2 is 1.82 bits per heavy atom. The van der Waals surface area contributed by atoms with E-state index in [-0.39, 0.29) is 22.7 Å². The van der Waals surface area contributed by atoms with E-state index in [0.717, 1.165) is 10.9 Å². The molecule has 10 nitrogen and oxygen atoms in total. The summed E-state index contributed by atoms with van der Waals surface area (Å²) in [7, 11) is 1.55. The van der Waals surface area contributed by atoms with Crippen LogP contribution < -0.4 is 10.2 Å². The maximum atomic E-state index is 14.9. The van der Waals surface area contributed by atoms with Gasteiger partial charge in [-0.15, -0.1) is 15.0 Å². The van der Waals surface area contributed by atoms with Crippen molar-refractivity contribution in [2.45, 2.75) is 12.5 Å². The molecule has 0 saturated heterocycles. The molecule has 0 aliphatic heterocycles. The number of rotatable bonds is 9. The Hall–Kier alpha value is -4.90. The molecule has 4 aromatic rings. The minimum Gasteiger partial charge on any atom is -0.481 e. The Morgan fingerprint density at radius 3 is 2.46 bits per heavy atom. The van der Waals surface area contributed by atoms with Gasteiger partial charge >= 0.3 is 5.97 Å². The van der Waals surface area contributed by atoms with Gasteiger partial charge in [-0.1, -0.05) is 54.1 Å². The largest absolute Gasteiger partial charge is 0.481 e. The van der Waals surface area contributed by atoms with Crippen LogP contribution >= 0.6 is 11.6 Å². The van der Waals surface area contributed by atoms with Crippen LogP contribution in [0.1, 0.15) is 22.7 Å². The van der Waals surface area contributed by atoms with E-state index < -0.39 is 29.6 Å².